The van der Waals surface area contributed by atoms with Crippen molar-refractivity contribution < 1.29 is 0 Å². The highest BCUT2D eigenvalue weighted by molar-refractivity contribution is 5.86. The van der Waals surface area contributed by atoms with Crippen molar-refractivity contribution in [3.05, 3.63) is 83.3 Å². The van der Waals surface area contributed by atoms with Crippen LogP contribution in [0.3, 0.4) is 0 Å². The first-order chi connectivity index (χ1) is 13.4. The van der Waals surface area contributed by atoms with Crippen LogP contribution >= 0.6 is 0 Å². The number of rotatable bonds is 2. The number of pyridine rings is 1. The Bertz CT molecular complexity index is 1060. The molecule has 140 valence electrons. The van der Waals surface area contributed by atoms with Crippen LogP contribution in [0.15, 0.2) is 60.8 Å². The molecule has 4 nitrogen and oxygen atoms in total. The van der Waals surface area contributed by atoms with E-state index in [1.165, 1.54) is 11.1 Å². The molecular weight excluding hydrogens is 344 g/mol. The lowest BCUT2D eigenvalue weighted by atomic mass is 9.87. The van der Waals surface area contributed by atoms with Crippen LogP contribution in [-0.2, 0) is 5.41 Å². The van der Waals surface area contributed by atoms with Crippen LogP contribution in [0.5, 0.6) is 0 Å². The lowest BCUT2D eigenvalue weighted by Crippen LogP contribution is -2.24. The van der Waals surface area contributed by atoms with E-state index in [1.807, 2.05) is 12.1 Å². The van der Waals surface area contributed by atoms with Crippen molar-refractivity contribution in [3.63, 3.8) is 0 Å². The Morgan fingerprint density at radius 3 is 2.32 bits per heavy atom. The zero-order valence-electron chi connectivity index (χ0n) is 16.8. The topological polar surface area (TPSA) is 23.7 Å². The highest BCUT2D eigenvalue weighted by atomic mass is 15.4. The molecule has 28 heavy (non-hydrogen) atoms. The number of hydrogen-bond acceptors (Lipinski definition) is 3. The minimum Gasteiger partial charge on any atom is -0.320 e. The summed E-state index contributed by atoms with van der Waals surface area (Å²) in [6.45, 7) is 16.8. The largest absolute Gasteiger partial charge is 0.320 e. The summed E-state index contributed by atoms with van der Waals surface area (Å²) in [4.78, 5) is 12.7. The summed E-state index contributed by atoms with van der Waals surface area (Å²) >= 11 is 0. The third kappa shape index (κ3) is 3.10. The number of anilines is 4. The Kier molecular flexibility index (Phi) is 4.31. The molecule has 0 aliphatic carbocycles. The molecule has 0 saturated heterocycles. The van der Waals surface area contributed by atoms with Gasteiger partial charge >= 0.3 is 0 Å². The highest BCUT2D eigenvalue weighted by Gasteiger charge is 2.30. The van der Waals surface area contributed by atoms with E-state index in [-0.39, 0.29) is 5.41 Å². The molecule has 1 aromatic heterocycles. The first-order valence-corrected chi connectivity index (χ1v) is 9.47. The van der Waals surface area contributed by atoms with Gasteiger partial charge in [0.15, 0.2) is 5.82 Å². The molecule has 0 unspecified atom stereocenters. The van der Waals surface area contributed by atoms with Gasteiger partial charge in [-0.2, -0.15) is 0 Å². The van der Waals surface area contributed by atoms with Gasteiger partial charge in [-0.15, -0.1) is 0 Å². The van der Waals surface area contributed by atoms with Gasteiger partial charge in [-0.3, -0.25) is 0 Å². The summed E-state index contributed by atoms with van der Waals surface area (Å²) in [5.74, 6) is 0.888. The van der Waals surface area contributed by atoms with Crippen molar-refractivity contribution in [2.24, 2.45) is 0 Å². The molecule has 2 heterocycles. The van der Waals surface area contributed by atoms with Gasteiger partial charge in [0.2, 0.25) is 5.69 Å². The Hall–Kier alpha value is -3.32. The van der Waals surface area contributed by atoms with Crippen molar-refractivity contribution in [1.82, 2.24) is 4.98 Å². The zero-order valence-corrected chi connectivity index (χ0v) is 16.8. The summed E-state index contributed by atoms with van der Waals surface area (Å²) in [6, 6.07) is 19.0. The van der Waals surface area contributed by atoms with Gasteiger partial charge in [-0.1, -0.05) is 51.1 Å². The summed E-state index contributed by atoms with van der Waals surface area (Å²) in [5, 5.41) is 0. The molecule has 1 aliphatic rings. The smallest absolute Gasteiger partial charge is 0.207 e. The minimum atomic E-state index is 0.122. The first kappa shape index (κ1) is 18.1. The number of aryl methyl sites for hydroxylation is 1. The number of fused-ring (bicyclic) bond motifs is 1. The van der Waals surface area contributed by atoms with Crippen LogP contribution in [0.4, 0.5) is 28.6 Å². The minimum absolute atomic E-state index is 0.122. The maximum atomic E-state index is 7.37. The van der Waals surface area contributed by atoms with Gasteiger partial charge in [0.1, 0.15) is 6.67 Å². The summed E-state index contributed by atoms with van der Waals surface area (Å²) in [5.41, 5.74) is 6.41. The molecule has 0 bridgehead atoms. The molecular formula is C24H24N4. The van der Waals surface area contributed by atoms with Crippen molar-refractivity contribution in [1.29, 1.82) is 0 Å². The SMILES string of the molecule is [C-]#[N+]c1cnc2c(c1)N(c1ccccc1C)CN2c1ccc(C(C)(C)C)cc1. The Morgan fingerprint density at radius 1 is 0.964 bits per heavy atom. The highest BCUT2D eigenvalue weighted by Crippen LogP contribution is 2.45. The maximum Gasteiger partial charge on any atom is 0.207 e. The standard InChI is InChI=1S/C24H24N4/c1-17-8-6-7-9-21(17)28-16-27(23-22(28)14-19(25-5)15-26-23)20-12-10-18(11-13-20)24(2,3)4/h6-15H,16H2,1-4H3. The number of para-hydroxylation sites is 1. The van der Waals surface area contributed by atoms with Crippen molar-refractivity contribution in [2.45, 2.75) is 33.1 Å². The van der Waals surface area contributed by atoms with Gasteiger partial charge in [-0.05, 0) is 47.7 Å². The summed E-state index contributed by atoms with van der Waals surface area (Å²) in [6.07, 6.45) is 1.66. The molecule has 0 fully saturated rings. The molecule has 0 spiro atoms. The van der Waals surface area contributed by atoms with Crippen molar-refractivity contribution in [3.8, 4) is 0 Å². The quantitative estimate of drug-likeness (QED) is 0.483. The van der Waals surface area contributed by atoms with E-state index in [4.69, 9.17) is 6.57 Å². The molecule has 3 aromatic rings. The fourth-order valence-corrected chi connectivity index (χ4v) is 3.61. The summed E-state index contributed by atoms with van der Waals surface area (Å²) in [7, 11) is 0. The fourth-order valence-electron chi connectivity index (χ4n) is 3.61. The molecule has 0 amide bonds. The lowest BCUT2D eigenvalue weighted by molar-refractivity contribution is 0.590. The van der Waals surface area contributed by atoms with Crippen molar-refractivity contribution in [2.75, 3.05) is 16.5 Å². The lowest BCUT2D eigenvalue weighted by Gasteiger charge is -2.24. The van der Waals surface area contributed by atoms with Crippen molar-refractivity contribution >= 4 is 28.6 Å². The van der Waals surface area contributed by atoms with Crippen LogP contribution in [0, 0.1) is 13.5 Å². The number of hydrogen-bond donors (Lipinski definition) is 0. The van der Waals surface area contributed by atoms with Crippen LogP contribution in [0.1, 0.15) is 31.9 Å². The van der Waals surface area contributed by atoms with Gasteiger partial charge < -0.3 is 9.80 Å². The van der Waals surface area contributed by atoms with E-state index in [0.29, 0.717) is 12.4 Å². The van der Waals surface area contributed by atoms with Gasteiger partial charge in [0.05, 0.1) is 12.3 Å². The monoisotopic (exact) mass is 368 g/mol. The summed E-state index contributed by atoms with van der Waals surface area (Å²) < 4.78 is 0. The Labute approximate surface area is 166 Å². The molecule has 1 aliphatic heterocycles. The van der Waals surface area contributed by atoms with E-state index in [0.717, 1.165) is 22.9 Å². The zero-order chi connectivity index (χ0) is 19.9. The normalized spacial score (nSPS) is 13.4. The van der Waals surface area contributed by atoms with Gasteiger partial charge in [-0.25, -0.2) is 9.83 Å². The van der Waals surface area contributed by atoms with E-state index in [9.17, 15) is 0 Å². The molecule has 0 saturated carbocycles. The second kappa shape index (κ2) is 6.69. The van der Waals surface area contributed by atoms with Gasteiger partial charge in [0, 0.05) is 17.6 Å². The molecule has 0 N–H and O–H groups in total. The second-order valence-electron chi connectivity index (χ2n) is 8.23. The molecule has 2 aromatic carbocycles. The number of nitrogens with zero attached hydrogens (tertiary/aromatic N) is 4. The van der Waals surface area contributed by atoms with E-state index in [2.05, 4.69) is 89.8 Å². The van der Waals surface area contributed by atoms with Crippen LogP contribution in [0.25, 0.3) is 4.85 Å². The van der Waals surface area contributed by atoms with Crippen LogP contribution in [-0.4, -0.2) is 11.7 Å². The molecule has 0 atom stereocenters. The third-order valence-electron chi connectivity index (χ3n) is 5.24. The van der Waals surface area contributed by atoms with E-state index < -0.39 is 0 Å². The Balaban J connectivity index is 1.79. The second-order valence-corrected chi connectivity index (χ2v) is 8.23. The Morgan fingerprint density at radius 2 is 1.68 bits per heavy atom. The fraction of sp³-hybridized carbons (Fsp3) is 0.250. The average Bonchev–Trinajstić information content (AvgIpc) is 3.06. The number of benzene rings is 2. The third-order valence-corrected chi connectivity index (χ3v) is 5.24. The van der Waals surface area contributed by atoms with Crippen LogP contribution < -0.4 is 9.80 Å². The molecule has 4 rings (SSSR count). The molecule has 0 radical (unpaired) electrons. The maximum absolute atomic E-state index is 7.37. The molecule has 4 heteroatoms. The van der Waals surface area contributed by atoms with E-state index in [1.54, 1.807) is 6.20 Å². The number of aromatic nitrogens is 1. The van der Waals surface area contributed by atoms with Gasteiger partial charge in [0.25, 0.3) is 0 Å². The average molecular weight is 368 g/mol. The first-order valence-electron chi connectivity index (χ1n) is 9.47. The van der Waals surface area contributed by atoms with E-state index >= 15 is 0 Å². The predicted octanol–water partition coefficient (Wildman–Crippen LogP) is 6.49. The van der Waals surface area contributed by atoms with Crippen LogP contribution in [0.2, 0.25) is 0 Å². The predicted molar refractivity (Wildman–Crippen MR) is 116 cm³/mol.